The van der Waals surface area contributed by atoms with Crippen LogP contribution in [0.3, 0.4) is 0 Å². The van der Waals surface area contributed by atoms with Crippen molar-refractivity contribution in [2.75, 3.05) is 23.6 Å². The second-order valence-corrected chi connectivity index (χ2v) is 13.2. The van der Waals surface area contributed by atoms with E-state index in [0.717, 1.165) is 10.5 Å². The van der Waals surface area contributed by atoms with Crippen LogP contribution >= 0.6 is 50.7 Å². The number of carbonyl (C=O) groups excluding carboxylic acids is 4. The molecule has 42 heavy (non-hydrogen) atoms. The number of aliphatic hydroxyl groups excluding tert-OH is 1. The summed E-state index contributed by atoms with van der Waals surface area (Å²) in [6.45, 7) is 1.57. The number of nitrogens with zero attached hydrogens (tertiary/aromatic N) is 2. The largest absolute Gasteiger partial charge is 0.491 e. The lowest BCUT2D eigenvalue weighted by Crippen LogP contribution is -2.60. The number of imide groups is 2. The summed E-state index contributed by atoms with van der Waals surface area (Å²) >= 11 is 24.1. The van der Waals surface area contributed by atoms with Crippen molar-refractivity contribution < 1.29 is 29.0 Å². The Morgan fingerprint density at radius 3 is 2.48 bits per heavy atom. The van der Waals surface area contributed by atoms with Gasteiger partial charge in [0.15, 0.2) is 9.75 Å². The fraction of sp³-hybridized carbons (Fsp3) is 0.400. The quantitative estimate of drug-likeness (QED) is 0.199. The third-order valence-electron chi connectivity index (χ3n) is 9.01. The lowest BCUT2D eigenvalue weighted by Gasteiger charge is -2.51. The predicted molar refractivity (Wildman–Crippen MR) is 161 cm³/mol. The van der Waals surface area contributed by atoms with Gasteiger partial charge in [0.25, 0.3) is 11.8 Å². The van der Waals surface area contributed by atoms with Crippen LogP contribution in [0.1, 0.15) is 29.9 Å². The van der Waals surface area contributed by atoms with Crippen LogP contribution in [0.25, 0.3) is 0 Å². The number of hydrogen-bond donors (Lipinski definition) is 1. The number of benzene rings is 2. The second-order valence-electron chi connectivity index (χ2n) is 11.0. The van der Waals surface area contributed by atoms with Gasteiger partial charge in [-0.2, -0.15) is 0 Å². The third kappa shape index (κ3) is 3.97. The Morgan fingerprint density at radius 1 is 1.05 bits per heavy atom. The molecule has 2 saturated heterocycles. The van der Waals surface area contributed by atoms with Gasteiger partial charge < -0.3 is 9.84 Å². The molecule has 6 rings (SSSR count). The number of fused-ring (bicyclic) bond motifs is 4. The number of ether oxygens (including phenoxy) is 1. The van der Waals surface area contributed by atoms with Crippen molar-refractivity contribution >= 4 is 80.0 Å². The van der Waals surface area contributed by atoms with Crippen molar-refractivity contribution in [3.63, 3.8) is 0 Å². The highest BCUT2D eigenvalue weighted by molar-refractivity contribution is 9.09. The number of aliphatic hydroxyl groups is 1. The summed E-state index contributed by atoms with van der Waals surface area (Å²) < 4.78 is 5.84. The first kappa shape index (κ1) is 29.6. The lowest BCUT2D eigenvalue weighted by atomic mass is 9.56. The molecule has 1 N–H and O–H groups in total. The normalized spacial score (nSPS) is 32.1. The molecule has 12 heteroatoms. The Bertz CT molecular complexity index is 1570. The molecule has 0 bridgehead atoms. The van der Waals surface area contributed by atoms with Crippen molar-refractivity contribution in [3.05, 3.63) is 70.3 Å². The van der Waals surface area contributed by atoms with Crippen LogP contribution in [-0.2, 0) is 19.2 Å². The maximum absolute atomic E-state index is 14.1. The first-order valence-electron chi connectivity index (χ1n) is 13.5. The zero-order valence-corrected chi connectivity index (χ0v) is 26.2. The number of aryl methyl sites for hydroxylation is 1. The van der Waals surface area contributed by atoms with Crippen LogP contribution in [0.4, 0.5) is 5.69 Å². The number of alkyl halides is 3. The van der Waals surface area contributed by atoms with E-state index in [1.165, 1.54) is 4.90 Å². The maximum Gasteiger partial charge on any atom is 0.254 e. The van der Waals surface area contributed by atoms with Gasteiger partial charge in [0.1, 0.15) is 12.4 Å². The molecule has 6 atom stereocenters. The lowest BCUT2D eigenvalue weighted by molar-refractivity contribution is -0.138. The summed E-state index contributed by atoms with van der Waals surface area (Å²) in [6.07, 6.45) is 1.99. The first-order valence-corrected chi connectivity index (χ1v) is 15.7. The molecule has 0 radical (unpaired) electrons. The van der Waals surface area contributed by atoms with Gasteiger partial charge in [-0.05, 0) is 49.4 Å². The average molecular weight is 697 g/mol. The highest BCUT2D eigenvalue weighted by Crippen LogP contribution is 2.66. The number of amides is 4. The molecule has 0 aromatic heterocycles. The van der Waals surface area contributed by atoms with Gasteiger partial charge in [-0.15, -0.1) is 23.2 Å². The number of rotatable bonds is 6. The number of likely N-dealkylation sites (tertiary alicyclic amines) is 1. The Morgan fingerprint density at radius 2 is 1.79 bits per heavy atom. The molecule has 2 aliphatic heterocycles. The van der Waals surface area contributed by atoms with E-state index in [1.54, 1.807) is 42.5 Å². The highest BCUT2D eigenvalue weighted by atomic mass is 79.9. The molecule has 8 nitrogen and oxygen atoms in total. The van der Waals surface area contributed by atoms with E-state index in [2.05, 4.69) is 15.9 Å². The summed E-state index contributed by atoms with van der Waals surface area (Å²) in [5.41, 5.74) is 2.22. The molecule has 4 aliphatic rings. The van der Waals surface area contributed by atoms with Crippen LogP contribution in [0, 0.1) is 24.7 Å². The minimum absolute atomic E-state index is 0.0142. The second kappa shape index (κ2) is 10.6. The van der Waals surface area contributed by atoms with Gasteiger partial charge in [0.05, 0.1) is 29.6 Å². The minimum atomic E-state index is -1.94. The third-order valence-corrected chi connectivity index (χ3v) is 11.3. The Balaban J connectivity index is 1.52. The van der Waals surface area contributed by atoms with E-state index >= 15 is 0 Å². The van der Waals surface area contributed by atoms with Crippen LogP contribution in [-0.4, -0.2) is 62.1 Å². The first-order chi connectivity index (χ1) is 20.0. The Labute approximate surface area is 265 Å². The molecule has 2 heterocycles. The monoisotopic (exact) mass is 694 g/mol. The van der Waals surface area contributed by atoms with E-state index in [9.17, 15) is 24.3 Å². The standard InChI is InChI=1S/C30H26BrCl3N2O6/c1-15-6-7-16(12-21(15)32)36-25(38)19-9-8-17-20(23(19)26(36)39)13-29(33)27(40)35(14-31)28(41)30(29,34)24(17)18-4-2-3-5-22(18)42-11-10-37/h2-8,12,19-20,23-24,37H,9-11,13-14H2,1H3/t19-,20+,23-,24+,29+,30-/m0/s1. The predicted octanol–water partition coefficient (Wildman–Crippen LogP) is 4.94. The Hall–Kier alpha value is -2.43. The van der Waals surface area contributed by atoms with Crippen molar-refractivity contribution in [1.82, 2.24) is 4.90 Å². The minimum Gasteiger partial charge on any atom is -0.491 e. The van der Waals surface area contributed by atoms with Gasteiger partial charge in [-0.3, -0.25) is 24.1 Å². The molecule has 0 spiro atoms. The van der Waals surface area contributed by atoms with E-state index in [-0.39, 0.29) is 37.4 Å². The highest BCUT2D eigenvalue weighted by Gasteiger charge is 2.76. The fourth-order valence-electron chi connectivity index (χ4n) is 7.08. The average Bonchev–Trinajstić information content (AvgIpc) is 3.31. The Kier molecular flexibility index (Phi) is 7.50. The van der Waals surface area contributed by atoms with Crippen LogP contribution in [0.2, 0.25) is 5.02 Å². The summed E-state index contributed by atoms with van der Waals surface area (Å²) in [7, 11) is 0. The zero-order chi connectivity index (χ0) is 30.1. The van der Waals surface area contributed by atoms with E-state index < -0.39 is 51.1 Å². The SMILES string of the molecule is Cc1ccc(N2C(=O)[C@H]3[C@H](CC=C4[C@H]3C[C@@]3(Cl)C(=O)N(CBr)C(=O)[C@@]3(Cl)[C@H]4c3ccccc3OCCO)C2=O)cc1Cl. The van der Waals surface area contributed by atoms with Crippen molar-refractivity contribution in [2.24, 2.45) is 17.8 Å². The topological polar surface area (TPSA) is 104 Å². The molecule has 0 unspecified atom stereocenters. The summed E-state index contributed by atoms with van der Waals surface area (Å²) in [5.74, 6) is -4.88. The fourth-order valence-corrected chi connectivity index (χ4v) is 8.67. The summed E-state index contributed by atoms with van der Waals surface area (Å²) in [5, 5.41) is 9.86. The zero-order valence-electron chi connectivity index (χ0n) is 22.4. The van der Waals surface area contributed by atoms with E-state index in [4.69, 9.17) is 39.5 Å². The maximum atomic E-state index is 14.1. The summed E-state index contributed by atoms with van der Waals surface area (Å²) in [4.78, 5) is 53.9. The van der Waals surface area contributed by atoms with Crippen LogP contribution in [0.5, 0.6) is 5.75 Å². The number of para-hydroxylation sites is 1. The number of carbonyl (C=O) groups is 4. The smallest absolute Gasteiger partial charge is 0.254 e. The molecule has 2 aromatic carbocycles. The molecular weight excluding hydrogens is 671 g/mol. The molecule has 1 saturated carbocycles. The van der Waals surface area contributed by atoms with Crippen molar-refractivity contribution in [1.29, 1.82) is 0 Å². The number of allylic oxidation sites excluding steroid dienone is 2. The van der Waals surface area contributed by atoms with E-state index in [0.29, 0.717) is 27.6 Å². The van der Waals surface area contributed by atoms with Gasteiger partial charge in [-0.25, -0.2) is 4.90 Å². The number of halogens is 4. The van der Waals surface area contributed by atoms with Crippen molar-refractivity contribution in [2.45, 2.75) is 35.4 Å². The van der Waals surface area contributed by atoms with Crippen LogP contribution < -0.4 is 9.64 Å². The molecule has 2 aliphatic carbocycles. The molecule has 3 fully saturated rings. The van der Waals surface area contributed by atoms with Gasteiger partial charge in [-0.1, -0.05) is 63.4 Å². The molecule has 220 valence electrons. The molecule has 2 aromatic rings. The number of anilines is 1. The van der Waals surface area contributed by atoms with Crippen LogP contribution in [0.15, 0.2) is 54.1 Å². The van der Waals surface area contributed by atoms with Gasteiger partial charge >= 0.3 is 0 Å². The van der Waals surface area contributed by atoms with E-state index in [1.807, 2.05) is 13.0 Å². The molecular formula is C30H26BrCl3N2O6. The van der Waals surface area contributed by atoms with Crippen molar-refractivity contribution in [3.8, 4) is 5.75 Å². The number of hydrogen-bond acceptors (Lipinski definition) is 6. The van der Waals surface area contributed by atoms with Gasteiger partial charge in [0.2, 0.25) is 11.8 Å². The summed E-state index contributed by atoms with van der Waals surface area (Å²) in [6, 6.07) is 11.9. The molecule has 4 amide bonds. The van der Waals surface area contributed by atoms with Gasteiger partial charge in [0, 0.05) is 16.5 Å².